The van der Waals surface area contributed by atoms with Crippen molar-refractivity contribution in [1.29, 1.82) is 0 Å². The van der Waals surface area contributed by atoms with Crippen LogP contribution in [0.5, 0.6) is 0 Å². The van der Waals surface area contributed by atoms with Gasteiger partial charge in [-0.1, -0.05) is 66.8 Å². The van der Waals surface area contributed by atoms with Crippen molar-refractivity contribution in [2.75, 3.05) is 32.7 Å². The van der Waals surface area contributed by atoms with E-state index in [4.69, 9.17) is 0 Å². The van der Waals surface area contributed by atoms with E-state index in [2.05, 4.69) is 104 Å². The standard InChI is InChI=1S/C29H35N5/c1-3-9-24(10-4-1)19-33-22-26(27-13-7-8-14-28(27)33)21-31-15-16-32-17-18-34(30-29(32)23-31)20-25-11-5-2-6-12-25/h2-3,5-14,22,29-30H,1,4,15-21,23H2. The lowest BCUT2D eigenvalue weighted by atomic mass is 10.1. The summed E-state index contributed by atoms with van der Waals surface area (Å²) in [4.78, 5) is 5.25. The highest BCUT2D eigenvalue weighted by atomic mass is 15.6. The number of nitrogens with zero attached hydrogens (tertiary/aromatic N) is 4. The second-order valence-electron chi connectivity index (χ2n) is 9.88. The summed E-state index contributed by atoms with van der Waals surface area (Å²) < 4.78 is 2.45. The van der Waals surface area contributed by atoms with Gasteiger partial charge in [-0.3, -0.25) is 9.80 Å². The second kappa shape index (κ2) is 9.88. The average Bonchev–Trinajstić information content (AvgIpc) is 3.22. The quantitative estimate of drug-likeness (QED) is 0.599. The van der Waals surface area contributed by atoms with Crippen LogP contribution in [-0.2, 0) is 19.6 Å². The molecule has 6 rings (SSSR count). The fraction of sp³-hybridized carbons (Fsp3) is 0.379. The fourth-order valence-corrected chi connectivity index (χ4v) is 5.67. The highest BCUT2D eigenvalue weighted by Gasteiger charge is 2.32. The molecule has 0 radical (unpaired) electrons. The molecule has 5 nitrogen and oxygen atoms in total. The molecule has 34 heavy (non-hydrogen) atoms. The topological polar surface area (TPSA) is 26.7 Å². The van der Waals surface area contributed by atoms with Gasteiger partial charge < -0.3 is 4.57 Å². The first-order chi connectivity index (χ1) is 16.8. The third-order valence-electron chi connectivity index (χ3n) is 7.47. The number of piperazine rings is 1. The van der Waals surface area contributed by atoms with Crippen LogP contribution < -0.4 is 5.43 Å². The number of para-hydroxylation sites is 1. The molecular weight excluding hydrogens is 418 g/mol. The van der Waals surface area contributed by atoms with E-state index in [1.807, 2.05) is 0 Å². The van der Waals surface area contributed by atoms with Gasteiger partial charge in [0.2, 0.25) is 0 Å². The molecule has 0 amide bonds. The van der Waals surface area contributed by atoms with Gasteiger partial charge in [0, 0.05) is 69.5 Å². The Morgan fingerprint density at radius 2 is 1.68 bits per heavy atom. The van der Waals surface area contributed by atoms with E-state index in [1.54, 1.807) is 0 Å². The zero-order valence-corrected chi connectivity index (χ0v) is 19.9. The Morgan fingerprint density at radius 3 is 2.56 bits per heavy atom. The molecule has 5 heteroatoms. The van der Waals surface area contributed by atoms with Crippen molar-refractivity contribution in [2.45, 2.75) is 38.6 Å². The van der Waals surface area contributed by atoms with Gasteiger partial charge >= 0.3 is 0 Å². The Hall–Kier alpha value is -2.70. The Kier molecular flexibility index (Phi) is 6.34. The molecule has 1 atom stereocenters. The molecule has 2 fully saturated rings. The molecule has 1 N–H and O–H groups in total. The number of hydrogen-bond donors (Lipinski definition) is 1. The number of benzene rings is 2. The molecule has 2 aliphatic heterocycles. The first-order valence-electron chi connectivity index (χ1n) is 12.8. The zero-order chi connectivity index (χ0) is 22.7. The van der Waals surface area contributed by atoms with Gasteiger partial charge in [-0.2, -0.15) is 0 Å². The molecule has 3 heterocycles. The molecule has 1 aromatic heterocycles. The van der Waals surface area contributed by atoms with Crippen LogP contribution >= 0.6 is 0 Å². The molecule has 176 valence electrons. The Bertz CT molecular complexity index is 1180. The van der Waals surface area contributed by atoms with Crippen molar-refractivity contribution in [3.63, 3.8) is 0 Å². The van der Waals surface area contributed by atoms with Crippen molar-refractivity contribution in [3.05, 3.63) is 95.7 Å². The van der Waals surface area contributed by atoms with Gasteiger partial charge in [0.1, 0.15) is 0 Å². The molecule has 3 aromatic rings. The minimum absolute atomic E-state index is 0.386. The van der Waals surface area contributed by atoms with Crippen LogP contribution in [0, 0.1) is 0 Å². The lowest BCUT2D eigenvalue weighted by Gasteiger charge is -2.47. The lowest BCUT2D eigenvalue weighted by molar-refractivity contribution is -0.0454. The number of hydrogen-bond acceptors (Lipinski definition) is 4. The van der Waals surface area contributed by atoms with Crippen LogP contribution in [0.25, 0.3) is 10.9 Å². The van der Waals surface area contributed by atoms with Gasteiger partial charge in [0.15, 0.2) is 0 Å². The molecule has 1 aliphatic carbocycles. The third-order valence-corrected chi connectivity index (χ3v) is 7.47. The minimum Gasteiger partial charge on any atom is -0.343 e. The van der Waals surface area contributed by atoms with E-state index in [-0.39, 0.29) is 0 Å². The van der Waals surface area contributed by atoms with E-state index in [0.717, 1.165) is 58.8 Å². The summed E-state index contributed by atoms with van der Waals surface area (Å²) >= 11 is 0. The minimum atomic E-state index is 0.386. The molecule has 3 aliphatic rings. The van der Waals surface area contributed by atoms with E-state index in [9.17, 15) is 0 Å². The first-order valence-corrected chi connectivity index (χ1v) is 12.8. The van der Waals surface area contributed by atoms with Crippen LogP contribution in [0.2, 0.25) is 0 Å². The average molecular weight is 454 g/mol. The summed E-state index contributed by atoms with van der Waals surface area (Å²) in [6.45, 7) is 8.46. The lowest BCUT2D eigenvalue weighted by Crippen LogP contribution is -2.67. The summed E-state index contributed by atoms with van der Waals surface area (Å²) in [5, 5.41) is 3.80. The van der Waals surface area contributed by atoms with Gasteiger partial charge in [0.05, 0.1) is 6.17 Å². The Morgan fingerprint density at radius 1 is 0.824 bits per heavy atom. The molecule has 2 aromatic carbocycles. The van der Waals surface area contributed by atoms with Crippen LogP contribution in [0.15, 0.2) is 84.6 Å². The van der Waals surface area contributed by atoms with Gasteiger partial charge in [0.25, 0.3) is 0 Å². The monoisotopic (exact) mass is 453 g/mol. The number of nitrogens with one attached hydrogen (secondary N) is 1. The predicted molar refractivity (Wildman–Crippen MR) is 139 cm³/mol. The zero-order valence-electron chi connectivity index (χ0n) is 19.9. The largest absolute Gasteiger partial charge is 0.343 e. The summed E-state index contributed by atoms with van der Waals surface area (Å²) in [6, 6.07) is 19.7. The third kappa shape index (κ3) is 4.75. The first kappa shape index (κ1) is 21.8. The van der Waals surface area contributed by atoms with Crippen LogP contribution in [0.1, 0.15) is 24.0 Å². The molecule has 0 spiro atoms. The number of fused-ring (bicyclic) bond motifs is 2. The van der Waals surface area contributed by atoms with E-state index >= 15 is 0 Å². The Labute approximate surface area is 202 Å². The van der Waals surface area contributed by atoms with E-state index < -0.39 is 0 Å². The van der Waals surface area contributed by atoms with E-state index in [1.165, 1.54) is 34.0 Å². The van der Waals surface area contributed by atoms with Crippen molar-refractivity contribution < 1.29 is 0 Å². The maximum Gasteiger partial charge on any atom is 0.0861 e. The Balaban J connectivity index is 1.15. The number of hydrazine groups is 1. The van der Waals surface area contributed by atoms with Crippen LogP contribution in [-0.4, -0.2) is 58.3 Å². The molecular formula is C29H35N5. The number of aromatic nitrogens is 1. The second-order valence-corrected chi connectivity index (χ2v) is 9.88. The summed E-state index contributed by atoms with van der Waals surface area (Å²) in [5.41, 5.74) is 9.40. The van der Waals surface area contributed by atoms with Crippen LogP contribution in [0.4, 0.5) is 0 Å². The summed E-state index contributed by atoms with van der Waals surface area (Å²) in [5.74, 6) is 0. The number of rotatable bonds is 6. The molecule has 1 unspecified atom stereocenters. The van der Waals surface area contributed by atoms with Crippen LogP contribution in [0.3, 0.4) is 0 Å². The maximum absolute atomic E-state index is 3.81. The smallest absolute Gasteiger partial charge is 0.0861 e. The summed E-state index contributed by atoms with van der Waals surface area (Å²) in [7, 11) is 0. The maximum atomic E-state index is 3.81. The summed E-state index contributed by atoms with van der Waals surface area (Å²) in [6.07, 6.45) is 12.1. The van der Waals surface area contributed by atoms with Crippen molar-refractivity contribution in [3.8, 4) is 0 Å². The number of allylic oxidation sites excluding steroid dienone is 4. The van der Waals surface area contributed by atoms with E-state index in [0.29, 0.717) is 6.17 Å². The van der Waals surface area contributed by atoms with Crippen molar-refractivity contribution in [2.24, 2.45) is 0 Å². The molecule has 0 bridgehead atoms. The normalized spacial score (nSPS) is 22.1. The fourth-order valence-electron chi connectivity index (χ4n) is 5.67. The molecule has 0 saturated carbocycles. The molecule has 2 saturated heterocycles. The van der Waals surface area contributed by atoms with Gasteiger partial charge in [-0.25, -0.2) is 10.4 Å². The van der Waals surface area contributed by atoms with Crippen molar-refractivity contribution >= 4 is 10.9 Å². The SMILES string of the molecule is C1=CC(Cn2cc(CN3CCN4CCN(Cc5ccccc5)NC4C3)c3ccccc32)=CCC1. The highest BCUT2D eigenvalue weighted by Crippen LogP contribution is 2.26. The predicted octanol–water partition coefficient (Wildman–Crippen LogP) is 4.38. The van der Waals surface area contributed by atoms with Gasteiger partial charge in [-0.05, 0) is 35.6 Å². The van der Waals surface area contributed by atoms with Gasteiger partial charge in [-0.15, -0.1) is 0 Å². The van der Waals surface area contributed by atoms with Crippen molar-refractivity contribution in [1.82, 2.24) is 24.8 Å². The highest BCUT2D eigenvalue weighted by molar-refractivity contribution is 5.84.